The number of phenols is 1. The molecule has 0 aromatic heterocycles. The van der Waals surface area contributed by atoms with E-state index in [0.29, 0.717) is 6.54 Å². The molecule has 10 nitrogen and oxygen atoms in total. The number of piperazine rings is 1. The number of hydrogen-bond acceptors (Lipinski definition) is 6. The van der Waals surface area contributed by atoms with Crippen molar-refractivity contribution in [3.63, 3.8) is 0 Å². The molecule has 2 heterocycles. The number of rotatable bonds is 7. The molecule has 5 rings (SSSR count). The standard InChI is InChI=1S/C32H38N6O4/c1-22(25-11-8-12-26(18-25)34(2)3)36-20-29-37(28(31(36)41)17-23-13-15-27(39)16-14-23)30(40)21-35(4)38(29)32(42)33-19-24-9-6-5-7-10-24/h5-16,18,22,28-29,39H,17,19-21H2,1-4H3,(H,33,42)/t22-,28+,29+/m1/s1. The van der Waals surface area contributed by atoms with Crippen molar-refractivity contribution >= 4 is 23.5 Å². The maximum absolute atomic E-state index is 14.2. The zero-order valence-corrected chi connectivity index (χ0v) is 24.5. The minimum atomic E-state index is -0.821. The molecule has 0 aliphatic carbocycles. The number of anilines is 1. The number of urea groups is 1. The number of aromatic hydroxyl groups is 1. The van der Waals surface area contributed by atoms with E-state index in [9.17, 15) is 19.5 Å². The van der Waals surface area contributed by atoms with Crippen LogP contribution in [0.3, 0.4) is 0 Å². The highest BCUT2D eigenvalue weighted by Gasteiger charge is 2.51. The lowest BCUT2D eigenvalue weighted by Crippen LogP contribution is -2.76. The van der Waals surface area contributed by atoms with Crippen molar-refractivity contribution in [3.8, 4) is 5.75 Å². The third kappa shape index (κ3) is 5.89. The van der Waals surface area contributed by atoms with Crippen LogP contribution in [0.2, 0.25) is 0 Å². The molecule has 3 atom stereocenters. The Kier molecular flexibility index (Phi) is 8.35. The molecule has 0 unspecified atom stereocenters. The maximum atomic E-state index is 14.2. The number of likely N-dealkylation sites (N-methyl/N-ethyl adjacent to an activating group) is 1. The van der Waals surface area contributed by atoms with Gasteiger partial charge in [0.2, 0.25) is 11.8 Å². The first kappa shape index (κ1) is 28.9. The van der Waals surface area contributed by atoms with Crippen LogP contribution in [0.1, 0.15) is 29.7 Å². The van der Waals surface area contributed by atoms with Crippen molar-refractivity contribution in [2.75, 3.05) is 39.1 Å². The Morgan fingerprint density at radius 3 is 2.40 bits per heavy atom. The number of phenolic OH excluding ortho intramolecular Hbond substituents is 1. The van der Waals surface area contributed by atoms with Gasteiger partial charge in [0, 0.05) is 39.8 Å². The van der Waals surface area contributed by atoms with Gasteiger partial charge in [0.15, 0.2) is 0 Å². The number of benzene rings is 3. The second-order valence-electron chi connectivity index (χ2n) is 11.1. The third-order valence-electron chi connectivity index (χ3n) is 8.08. The predicted octanol–water partition coefficient (Wildman–Crippen LogP) is 3.20. The molecule has 0 saturated carbocycles. The molecular weight excluding hydrogens is 532 g/mol. The molecule has 2 saturated heterocycles. The fourth-order valence-corrected chi connectivity index (χ4v) is 5.77. The fourth-order valence-electron chi connectivity index (χ4n) is 5.77. The van der Waals surface area contributed by atoms with Crippen LogP contribution in [0.15, 0.2) is 78.9 Å². The molecule has 2 fully saturated rings. The maximum Gasteiger partial charge on any atom is 0.334 e. The zero-order valence-electron chi connectivity index (χ0n) is 24.5. The monoisotopic (exact) mass is 570 g/mol. The fraction of sp³-hybridized carbons (Fsp3) is 0.344. The van der Waals surface area contributed by atoms with Crippen molar-refractivity contribution in [2.45, 2.75) is 38.1 Å². The Bertz CT molecular complexity index is 1430. The van der Waals surface area contributed by atoms with Gasteiger partial charge in [-0.1, -0.05) is 54.6 Å². The van der Waals surface area contributed by atoms with Gasteiger partial charge < -0.3 is 25.1 Å². The molecule has 2 aliphatic rings. The van der Waals surface area contributed by atoms with Gasteiger partial charge >= 0.3 is 6.03 Å². The first-order valence-corrected chi connectivity index (χ1v) is 14.1. The molecule has 3 aromatic rings. The van der Waals surface area contributed by atoms with Gasteiger partial charge in [0.05, 0.1) is 19.1 Å². The number of carbonyl (C=O) groups excluding carboxylic acids is 3. The summed E-state index contributed by atoms with van der Waals surface area (Å²) in [7, 11) is 5.66. The number of fused-ring (bicyclic) bond motifs is 1. The predicted molar refractivity (Wildman–Crippen MR) is 160 cm³/mol. The topological polar surface area (TPSA) is 99.7 Å². The van der Waals surface area contributed by atoms with Crippen molar-refractivity contribution in [1.82, 2.24) is 25.1 Å². The number of amides is 4. The smallest absolute Gasteiger partial charge is 0.334 e. The van der Waals surface area contributed by atoms with Crippen LogP contribution in [0.5, 0.6) is 5.75 Å². The largest absolute Gasteiger partial charge is 0.508 e. The van der Waals surface area contributed by atoms with Crippen LogP contribution < -0.4 is 10.2 Å². The van der Waals surface area contributed by atoms with Gasteiger partial charge in [-0.3, -0.25) is 9.59 Å². The average molecular weight is 571 g/mol. The van der Waals surface area contributed by atoms with Crippen LogP contribution in [0.25, 0.3) is 0 Å². The number of nitrogens with one attached hydrogen (secondary N) is 1. The van der Waals surface area contributed by atoms with Crippen LogP contribution in [-0.4, -0.2) is 89.2 Å². The second kappa shape index (κ2) is 12.1. The molecule has 10 heteroatoms. The molecule has 220 valence electrons. The van der Waals surface area contributed by atoms with Crippen LogP contribution in [0.4, 0.5) is 10.5 Å². The van der Waals surface area contributed by atoms with Gasteiger partial charge in [0.1, 0.15) is 18.0 Å². The van der Waals surface area contributed by atoms with Crippen LogP contribution >= 0.6 is 0 Å². The highest BCUT2D eigenvalue weighted by Crippen LogP contribution is 2.33. The van der Waals surface area contributed by atoms with Crippen molar-refractivity contribution in [2.24, 2.45) is 0 Å². The summed E-state index contributed by atoms with van der Waals surface area (Å²) in [4.78, 5) is 46.9. The summed E-state index contributed by atoms with van der Waals surface area (Å²) in [6.07, 6.45) is -0.447. The first-order chi connectivity index (χ1) is 20.1. The normalized spacial score (nSPS) is 19.9. The van der Waals surface area contributed by atoms with E-state index in [2.05, 4.69) is 11.4 Å². The molecule has 0 spiro atoms. The summed E-state index contributed by atoms with van der Waals surface area (Å²) in [5, 5.41) is 16.0. The number of hydrogen-bond donors (Lipinski definition) is 2. The van der Waals surface area contributed by atoms with Gasteiger partial charge in [0.25, 0.3) is 0 Å². The lowest BCUT2D eigenvalue weighted by atomic mass is 9.96. The summed E-state index contributed by atoms with van der Waals surface area (Å²) in [5.41, 5.74) is 3.74. The number of hydrazine groups is 1. The van der Waals surface area contributed by atoms with Gasteiger partial charge in [-0.05, 0) is 47.9 Å². The summed E-state index contributed by atoms with van der Waals surface area (Å²) in [5.74, 6) is -0.266. The van der Waals surface area contributed by atoms with E-state index in [0.717, 1.165) is 22.4 Å². The first-order valence-electron chi connectivity index (χ1n) is 14.1. The summed E-state index contributed by atoms with van der Waals surface area (Å²) >= 11 is 0. The Balaban J connectivity index is 1.50. The van der Waals surface area contributed by atoms with E-state index in [4.69, 9.17) is 0 Å². The van der Waals surface area contributed by atoms with Crippen molar-refractivity contribution < 1.29 is 19.5 Å². The Hall–Kier alpha value is -4.57. The highest BCUT2D eigenvalue weighted by molar-refractivity contribution is 5.92. The van der Waals surface area contributed by atoms with E-state index in [1.807, 2.05) is 74.4 Å². The zero-order chi connectivity index (χ0) is 30.0. The SMILES string of the molecule is C[C@H](c1cccc(N(C)C)c1)N1C[C@H]2N(C(=O)CN(C)N2C(=O)NCc2ccccc2)[C@@H](Cc2ccc(O)cc2)C1=O. The Labute approximate surface area is 246 Å². The molecule has 42 heavy (non-hydrogen) atoms. The Morgan fingerprint density at radius 2 is 1.71 bits per heavy atom. The Morgan fingerprint density at radius 1 is 1.00 bits per heavy atom. The van der Waals surface area contributed by atoms with E-state index in [1.54, 1.807) is 51.1 Å². The van der Waals surface area contributed by atoms with Gasteiger partial charge in [-0.2, -0.15) is 0 Å². The van der Waals surface area contributed by atoms with E-state index in [1.165, 1.54) is 0 Å². The molecule has 2 aliphatic heterocycles. The second-order valence-corrected chi connectivity index (χ2v) is 11.1. The van der Waals surface area contributed by atoms with Gasteiger partial charge in [-0.25, -0.2) is 14.8 Å². The summed E-state index contributed by atoms with van der Waals surface area (Å²) in [6.45, 7) is 2.44. The van der Waals surface area contributed by atoms with Crippen molar-refractivity contribution in [1.29, 1.82) is 0 Å². The van der Waals surface area contributed by atoms with Crippen LogP contribution in [-0.2, 0) is 22.6 Å². The quantitative estimate of drug-likeness (QED) is 0.453. The summed E-state index contributed by atoms with van der Waals surface area (Å²) < 4.78 is 0. The van der Waals surface area contributed by atoms with E-state index in [-0.39, 0.29) is 49.1 Å². The molecule has 4 amide bonds. The summed E-state index contributed by atoms with van der Waals surface area (Å²) in [6, 6.07) is 22.8. The van der Waals surface area contributed by atoms with E-state index >= 15 is 0 Å². The molecule has 3 aromatic carbocycles. The van der Waals surface area contributed by atoms with Crippen molar-refractivity contribution in [3.05, 3.63) is 95.6 Å². The van der Waals surface area contributed by atoms with E-state index < -0.39 is 12.2 Å². The average Bonchev–Trinajstić information content (AvgIpc) is 2.98. The van der Waals surface area contributed by atoms with Crippen LogP contribution in [0, 0.1) is 0 Å². The molecule has 0 radical (unpaired) electrons. The molecular formula is C32H38N6O4. The van der Waals surface area contributed by atoms with Gasteiger partial charge in [-0.15, -0.1) is 0 Å². The highest BCUT2D eigenvalue weighted by atomic mass is 16.3. The lowest BCUT2D eigenvalue weighted by Gasteiger charge is -2.55. The number of carbonyl (C=O) groups is 3. The number of nitrogens with zero attached hydrogens (tertiary/aromatic N) is 5. The third-order valence-corrected chi connectivity index (χ3v) is 8.08. The molecule has 0 bridgehead atoms. The minimum absolute atomic E-state index is 0.0327. The minimum Gasteiger partial charge on any atom is -0.508 e. The molecule has 2 N–H and O–H groups in total. The lowest BCUT2D eigenvalue weighted by molar-refractivity contribution is -0.189.